The number of rotatable bonds is 15. The minimum absolute atomic E-state index is 0.0417. The third-order valence-corrected chi connectivity index (χ3v) is 10.1. The number of carboxylic acids is 2. The van der Waals surface area contributed by atoms with E-state index in [1.165, 1.54) is 24.3 Å². The zero-order chi connectivity index (χ0) is 38.8. The summed E-state index contributed by atoms with van der Waals surface area (Å²) in [5.41, 5.74) is 9.74. The smallest absolute Gasteiger partial charge is 0.336 e. The Bertz CT molecular complexity index is 2510. The van der Waals surface area contributed by atoms with Gasteiger partial charge < -0.3 is 31.4 Å². The second kappa shape index (κ2) is 15.1. The van der Waals surface area contributed by atoms with Crippen molar-refractivity contribution in [2.75, 3.05) is 12.3 Å². The number of anilines is 1. The van der Waals surface area contributed by atoms with E-state index in [4.69, 9.17) is 26.4 Å². The summed E-state index contributed by atoms with van der Waals surface area (Å²) >= 11 is 0. The minimum Gasteiger partial charge on any atom is -0.480 e. The summed E-state index contributed by atoms with van der Waals surface area (Å²) in [6, 6.07) is 7.14. The van der Waals surface area contributed by atoms with E-state index >= 15 is 0 Å². The number of hydrogen-bond acceptors (Lipinski definition) is 13. The summed E-state index contributed by atoms with van der Waals surface area (Å²) < 4.78 is 76.8. The minimum atomic E-state index is -5.19. The number of aryl methyl sites for hydroxylation is 1. The van der Waals surface area contributed by atoms with Crippen molar-refractivity contribution < 1.29 is 55.0 Å². The molecule has 19 nitrogen and oxygen atoms in total. The van der Waals surface area contributed by atoms with E-state index in [0.717, 1.165) is 37.5 Å². The van der Waals surface area contributed by atoms with E-state index in [1.54, 1.807) is 10.9 Å². The maximum Gasteiger partial charge on any atom is 0.336 e. The molecule has 1 aliphatic carbocycles. The topological polar surface area (TPSA) is 332 Å². The van der Waals surface area contributed by atoms with Crippen LogP contribution < -0.4 is 22.1 Å². The van der Waals surface area contributed by atoms with Crippen molar-refractivity contribution in [2.24, 2.45) is 5.73 Å². The maximum absolute atomic E-state index is 13.1. The van der Waals surface area contributed by atoms with Crippen LogP contribution in [0.4, 0.5) is 5.69 Å². The van der Waals surface area contributed by atoms with Crippen LogP contribution in [0.3, 0.4) is 0 Å². The SMILES string of the molecule is N=c1ccc2c(-c3ccc(C(=O)NCCCCCCn4cc(CC(N)C(=O)O)nn4)cc3C(=O)O)c3ccc(N)c(S(=O)(=O)O)c3oc-2c1S(=O)(=O)O. The molecule has 1 aromatic heterocycles. The highest BCUT2D eigenvalue weighted by atomic mass is 32.2. The summed E-state index contributed by atoms with van der Waals surface area (Å²) in [5, 5.41) is 37.0. The van der Waals surface area contributed by atoms with Gasteiger partial charge in [0.2, 0.25) is 0 Å². The van der Waals surface area contributed by atoms with Gasteiger partial charge in [0, 0.05) is 47.8 Å². The molecule has 0 fully saturated rings. The largest absolute Gasteiger partial charge is 0.480 e. The Morgan fingerprint density at radius 2 is 1.60 bits per heavy atom. The molecule has 0 saturated heterocycles. The number of aromatic nitrogens is 3. The highest BCUT2D eigenvalue weighted by Gasteiger charge is 2.32. The van der Waals surface area contributed by atoms with E-state index in [1.807, 2.05) is 0 Å². The normalized spacial score (nSPS) is 12.6. The number of unbranched alkanes of at least 4 members (excludes halogenated alkanes) is 3. The first-order valence-corrected chi connectivity index (χ1v) is 18.6. The Hall–Kier alpha value is -5.74. The summed E-state index contributed by atoms with van der Waals surface area (Å²) in [7, 11) is -10.3. The number of carbonyl (C=O) groups is 3. The number of aliphatic carboxylic acids is 1. The van der Waals surface area contributed by atoms with Gasteiger partial charge in [0.25, 0.3) is 26.1 Å². The van der Waals surface area contributed by atoms with Crippen molar-refractivity contribution in [1.82, 2.24) is 20.3 Å². The van der Waals surface area contributed by atoms with E-state index in [0.29, 0.717) is 18.7 Å². The van der Waals surface area contributed by atoms with Gasteiger partial charge in [-0.1, -0.05) is 24.1 Å². The molecule has 1 unspecified atom stereocenters. The van der Waals surface area contributed by atoms with Crippen molar-refractivity contribution in [3.63, 3.8) is 0 Å². The fourth-order valence-electron chi connectivity index (χ4n) is 5.79. The van der Waals surface area contributed by atoms with Crippen molar-refractivity contribution in [1.29, 1.82) is 5.41 Å². The van der Waals surface area contributed by atoms with Gasteiger partial charge in [-0.25, -0.2) is 4.79 Å². The molecule has 2 aromatic carbocycles. The Balaban J connectivity index is 1.38. The number of amides is 1. The van der Waals surface area contributed by atoms with Crippen molar-refractivity contribution in [3.8, 4) is 22.5 Å². The van der Waals surface area contributed by atoms with E-state index in [2.05, 4.69) is 15.6 Å². The zero-order valence-electron chi connectivity index (χ0n) is 27.5. The monoisotopic (exact) mass is 771 g/mol. The highest BCUT2D eigenvalue weighted by Crippen LogP contribution is 2.45. The third kappa shape index (κ3) is 8.34. The van der Waals surface area contributed by atoms with Gasteiger partial charge in [-0.2, -0.15) is 16.8 Å². The number of carboxylic acid groups (broad SMARTS) is 2. The highest BCUT2D eigenvalue weighted by molar-refractivity contribution is 7.86. The Morgan fingerprint density at radius 3 is 2.26 bits per heavy atom. The van der Waals surface area contributed by atoms with Crippen LogP contribution in [0.15, 0.2) is 62.9 Å². The molecule has 5 rings (SSSR count). The molecule has 1 atom stereocenters. The molecule has 2 heterocycles. The van der Waals surface area contributed by atoms with Crippen molar-refractivity contribution in [2.45, 2.75) is 54.5 Å². The van der Waals surface area contributed by atoms with E-state index in [-0.39, 0.29) is 40.6 Å². The number of aromatic carboxylic acids is 1. The Morgan fingerprint density at radius 1 is 0.925 bits per heavy atom. The molecule has 1 amide bonds. The second-order valence-electron chi connectivity index (χ2n) is 12.0. The number of nitrogen functional groups attached to an aromatic ring is 1. The molecule has 1 aliphatic heterocycles. The lowest BCUT2D eigenvalue weighted by Gasteiger charge is -2.20. The first-order chi connectivity index (χ1) is 24.9. The molecule has 3 aromatic rings. The van der Waals surface area contributed by atoms with Crippen LogP contribution in [0.2, 0.25) is 0 Å². The average molecular weight is 772 g/mol. The molecular formula is C32H33N7O12S2. The van der Waals surface area contributed by atoms with Crippen LogP contribution in [-0.2, 0) is 38.0 Å². The molecule has 10 N–H and O–H groups in total. The molecule has 53 heavy (non-hydrogen) atoms. The summed E-state index contributed by atoms with van der Waals surface area (Å²) in [6.07, 6.45) is 4.51. The number of nitrogens with one attached hydrogen (secondary N) is 2. The predicted molar refractivity (Wildman–Crippen MR) is 185 cm³/mol. The predicted octanol–water partition coefficient (Wildman–Crippen LogP) is 1.99. The number of benzene rings is 3. The van der Waals surface area contributed by atoms with E-state index in [9.17, 15) is 45.4 Å². The maximum atomic E-state index is 13.1. The van der Waals surface area contributed by atoms with Gasteiger partial charge in [0.1, 0.15) is 6.04 Å². The molecule has 0 spiro atoms. The van der Waals surface area contributed by atoms with Gasteiger partial charge in [-0.05, 0) is 54.8 Å². The van der Waals surface area contributed by atoms with Gasteiger partial charge in [0.05, 0.1) is 22.3 Å². The number of fused-ring (bicyclic) bond motifs is 2. The van der Waals surface area contributed by atoms with Crippen LogP contribution in [0.1, 0.15) is 52.1 Å². The summed E-state index contributed by atoms with van der Waals surface area (Å²) in [4.78, 5) is 34.6. The fraction of sp³-hybridized carbons (Fsp3) is 0.250. The van der Waals surface area contributed by atoms with Gasteiger partial charge in [0.15, 0.2) is 21.1 Å². The first kappa shape index (κ1) is 38.5. The first-order valence-electron chi connectivity index (χ1n) is 15.7. The molecule has 21 heteroatoms. The van der Waals surface area contributed by atoms with Crippen LogP contribution >= 0.6 is 0 Å². The van der Waals surface area contributed by atoms with E-state index < -0.39 is 81.9 Å². The molecule has 280 valence electrons. The van der Waals surface area contributed by atoms with Crippen LogP contribution in [0, 0.1) is 5.41 Å². The quantitative estimate of drug-likeness (QED) is 0.0326. The summed E-state index contributed by atoms with van der Waals surface area (Å²) in [5.74, 6) is -3.96. The van der Waals surface area contributed by atoms with Crippen LogP contribution in [0.5, 0.6) is 0 Å². The zero-order valence-corrected chi connectivity index (χ0v) is 29.1. The fourth-order valence-corrected chi connectivity index (χ4v) is 7.27. The number of nitrogens with two attached hydrogens (primary N) is 2. The third-order valence-electron chi connectivity index (χ3n) is 8.23. The summed E-state index contributed by atoms with van der Waals surface area (Å²) in [6.45, 7) is 0.796. The molecular weight excluding hydrogens is 739 g/mol. The average Bonchev–Trinajstić information content (AvgIpc) is 3.51. The lowest BCUT2D eigenvalue weighted by atomic mass is 9.89. The van der Waals surface area contributed by atoms with Crippen molar-refractivity contribution >= 4 is 54.7 Å². The number of hydrogen-bond donors (Lipinski definition) is 8. The second-order valence-corrected chi connectivity index (χ2v) is 14.7. The molecule has 2 aliphatic rings. The lowest BCUT2D eigenvalue weighted by Crippen LogP contribution is -2.32. The van der Waals surface area contributed by atoms with Crippen molar-refractivity contribution in [3.05, 3.63) is 70.8 Å². The number of carbonyl (C=O) groups excluding carboxylic acids is 1. The molecule has 0 bridgehead atoms. The van der Waals surface area contributed by atoms with Gasteiger partial charge >= 0.3 is 11.9 Å². The van der Waals surface area contributed by atoms with Crippen LogP contribution in [0.25, 0.3) is 33.4 Å². The van der Waals surface area contributed by atoms with Crippen LogP contribution in [-0.4, -0.2) is 81.6 Å². The standard InChI is InChI=1S/C32H33N7O12S2/c33-22-9-7-19-25(20-8-10-23(34)29(53(48,49)50)27(20)51-26(19)28(22)52(45,46)47)18-6-5-16(13-21(18)31(41)42)30(40)36-11-3-1-2-4-12-39-15-17(37-38-39)14-24(35)32(43)44/h5-10,13,15,24,33H,1-4,11-12,14,34-35H2,(H,36,40)(H,41,42)(H,43,44)(H,45,46,47)(H,48,49,50). The number of nitrogens with zero attached hydrogens (tertiary/aromatic N) is 3. The lowest BCUT2D eigenvalue weighted by molar-refractivity contribution is -0.138. The molecule has 0 saturated carbocycles. The Labute approximate surface area is 300 Å². The Kier molecular flexibility index (Phi) is 11.0. The van der Waals surface area contributed by atoms with Gasteiger partial charge in [-0.3, -0.25) is 28.8 Å². The van der Waals surface area contributed by atoms with Gasteiger partial charge in [-0.15, -0.1) is 5.10 Å². The molecule has 0 radical (unpaired) electrons.